The van der Waals surface area contributed by atoms with Crippen LogP contribution in [0.3, 0.4) is 0 Å². The van der Waals surface area contributed by atoms with Crippen molar-refractivity contribution < 1.29 is 0 Å². The zero-order chi connectivity index (χ0) is 10.8. The number of rotatable bonds is 4. The minimum Gasteiger partial charge on any atom is -0.308 e. The third kappa shape index (κ3) is 1.87. The number of nitrogens with one attached hydrogen (secondary N) is 1. The normalized spacial score (nSPS) is 13.5. The van der Waals surface area contributed by atoms with Crippen LogP contribution in [0.2, 0.25) is 0 Å². The van der Waals surface area contributed by atoms with Crippen LogP contribution < -0.4 is 5.32 Å². The SMILES string of the molecule is CCNC(C)c1nn2c(CC)nnc2s1. The molecule has 5 nitrogen and oxygen atoms in total. The lowest BCUT2D eigenvalue weighted by atomic mass is 10.3. The second-order valence-electron chi connectivity index (χ2n) is 3.38. The molecule has 1 atom stereocenters. The third-order valence-electron chi connectivity index (χ3n) is 2.27. The summed E-state index contributed by atoms with van der Waals surface area (Å²) in [6, 6.07) is 0.284. The Kier molecular flexibility index (Phi) is 2.97. The first-order chi connectivity index (χ1) is 7.26. The topological polar surface area (TPSA) is 55.1 Å². The minimum absolute atomic E-state index is 0.284. The van der Waals surface area contributed by atoms with Gasteiger partial charge in [-0.15, -0.1) is 10.2 Å². The van der Waals surface area contributed by atoms with E-state index in [9.17, 15) is 0 Å². The van der Waals surface area contributed by atoms with Crippen LogP contribution in [0.5, 0.6) is 0 Å². The predicted molar refractivity (Wildman–Crippen MR) is 60.1 cm³/mol. The molecule has 2 aromatic heterocycles. The quantitative estimate of drug-likeness (QED) is 0.855. The lowest BCUT2D eigenvalue weighted by Crippen LogP contribution is -2.17. The van der Waals surface area contributed by atoms with Gasteiger partial charge in [0, 0.05) is 6.42 Å². The smallest absolute Gasteiger partial charge is 0.234 e. The molecule has 2 rings (SSSR count). The molecular formula is C9H15N5S. The number of aromatic nitrogens is 4. The van der Waals surface area contributed by atoms with Crippen molar-refractivity contribution in [2.24, 2.45) is 0 Å². The number of nitrogens with zero attached hydrogens (tertiary/aromatic N) is 4. The first-order valence-corrected chi connectivity index (χ1v) is 6.02. The van der Waals surface area contributed by atoms with Gasteiger partial charge >= 0.3 is 0 Å². The van der Waals surface area contributed by atoms with Gasteiger partial charge in [0.05, 0.1) is 6.04 Å². The Hall–Kier alpha value is -1.01. The molecule has 1 unspecified atom stereocenters. The second kappa shape index (κ2) is 4.24. The number of hydrogen-bond acceptors (Lipinski definition) is 5. The van der Waals surface area contributed by atoms with E-state index < -0.39 is 0 Å². The molecule has 2 heterocycles. The fraction of sp³-hybridized carbons (Fsp3) is 0.667. The van der Waals surface area contributed by atoms with Crippen molar-refractivity contribution >= 4 is 16.3 Å². The van der Waals surface area contributed by atoms with Crippen molar-refractivity contribution in [1.82, 2.24) is 25.1 Å². The summed E-state index contributed by atoms with van der Waals surface area (Å²) >= 11 is 1.60. The van der Waals surface area contributed by atoms with Gasteiger partial charge in [0.2, 0.25) is 4.96 Å². The highest BCUT2D eigenvalue weighted by Gasteiger charge is 2.14. The molecule has 1 N–H and O–H groups in total. The van der Waals surface area contributed by atoms with Gasteiger partial charge in [0.25, 0.3) is 0 Å². The Morgan fingerprint density at radius 3 is 2.87 bits per heavy atom. The Morgan fingerprint density at radius 1 is 1.40 bits per heavy atom. The number of fused-ring (bicyclic) bond motifs is 1. The monoisotopic (exact) mass is 225 g/mol. The highest BCUT2D eigenvalue weighted by atomic mass is 32.1. The van der Waals surface area contributed by atoms with E-state index in [-0.39, 0.29) is 6.04 Å². The summed E-state index contributed by atoms with van der Waals surface area (Å²) in [4.78, 5) is 0.881. The number of aryl methyl sites for hydroxylation is 1. The molecule has 0 aliphatic rings. The second-order valence-corrected chi connectivity index (χ2v) is 4.37. The average molecular weight is 225 g/mol. The Bertz CT molecular complexity index is 446. The molecule has 15 heavy (non-hydrogen) atoms. The van der Waals surface area contributed by atoms with E-state index in [0.717, 1.165) is 28.8 Å². The lowest BCUT2D eigenvalue weighted by molar-refractivity contribution is 0.584. The molecule has 0 saturated carbocycles. The summed E-state index contributed by atoms with van der Waals surface area (Å²) in [6.45, 7) is 7.21. The van der Waals surface area contributed by atoms with Crippen LogP contribution in [0, 0.1) is 0 Å². The van der Waals surface area contributed by atoms with E-state index in [1.165, 1.54) is 0 Å². The molecule has 0 fully saturated rings. The molecule has 0 aliphatic heterocycles. The molecule has 82 valence electrons. The summed E-state index contributed by atoms with van der Waals surface area (Å²) < 4.78 is 1.84. The van der Waals surface area contributed by atoms with Crippen LogP contribution in [0.1, 0.15) is 37.6 Å². The Labute approximate surface area is 92.5 Å². The highest BCUT2D eigenvalue weighted by molar-refractivity contribution is 7.16. The molecule has 2 aromatic rings. The third-order valence-corrected chi connectivity index (χ3v) is 3.35. The Morgan fingerprint density at radius 2 is 2.20 bits per heavy atom. The molecule has 0 aliphatic carbocycles. The minimum atomic E-state index is 0.284. The van der Waals surface area contributed by atoms with Gasteiger partial charge in [0.1, 0.15) is 5.01 Å². The standard InChI is InChI=1S/C9H15N5S/c1-4-7-11-12-9-14(7)13-8(15-9)6(3)10-5-2/h6,10H,4-5H2,1-3H3. The maximum atomic E-state index is 4.51. The van der Waals surface area contributed by atoms with Gasteiger partial charge in [0.15, 0.2) is 5.82 Å². The first kappa shape index (κ1) is 10.5. The zero-order valence-corrected chi connectivity index (χ0v) is 10.0. The molecular weight excluding hydrogens is 210 g/mol. The van der Waals surface area contributed by atoms with Gasteiger partial charge in [-0.3, -0.25) is 0 Å². The van der Waals surface area contributed by atoms with Gasteiger partial charge in [-0.25, -0.2) is 0 Å². The van der Waals surface area contributed by atoms with E-state index in [2.05, 4.69) is 41.4 Å². The van der Waals surface area contributed by atoms with Crippen LogP contribution >= 0.6 is 11.3 Å². The largest absolute Gasteiger partial charge is 0.308 e. The van der Waals surface area contributed by atoms with Crippen molar-refractivity contribution in [3.05, 3.63) is 10.8 Å². The molecule has 0 bridgehead atoms. The van der Waals surface area contributed by atoms with Crippen LogP contribution in [-0.4, -0.2) is 26.4 Å². The van der Waals surface area contributed by atoms with Gasteiger partial charge in [-0.2, -0.15) is 9.61 Å². The predicted octanol–water partition coefficient (Wildman–Crippen LogP) is 1.42. The van der Waals surface area contributed by atoms with Gasteiger partial charge in [-0.05, 0) is 13.5 Å². The van der Waals surface area contributed by atoms with Crippen LogP contribution in [0.4, 0.5) is 0 Å². The average Bonchev–Trinajstić information content (AvgIpc) is 2.76. The summed E-state index contributed by atoms with van der Waals surface area (Å²) in [5, 5.41) is 17.1. The fourth-order valence-electron chi connectivity index (χ4n) is 1.46. The van der Waals surface area contributed by atoms with Crippen LogP contribution in [-0.2, 0) is 6.42 Å². The molecule has 0 amide bonds. The van der Waals surface area contributed by atoms with E-state index in [1.54, 1.807) is 11.3 Å². The van der Waals surface area contributed by atoms with Crippen LogP contribution in [0.15, 0.2) is 0 Å². The summed E-state index contributed by atoms with van der Waals surface area (Å²) in [7, 11) is 0. The maximum absolute atomic E-state index is 4.51. The molecule has 0 saturated heterocycles. The van der Waals surface area contributed by atoms with E-state index in [0.29, 0.717) is 0 Å². The summed E-state index contributed by atoms with van der Waals surface area (Å²) in [5.74, 6) is 0.927. The van der Waals surface area contributed by atoms with Crippen molar-refractivity contribution in [2.75, 3.05) is 6.54 Å². The lowest BCUT2D eigenvalue weighted by Gasteiger charge is -2.06. The fourth-order valence-corrected chi connectivity index (χ4v) is 2.35. The van der Waals surface area contributed by atoms with E-state index in [1.807, 2.05) is 4.52 Å². The first-order valence-electron chi connectivity index (χ1n) is 5.20. The van der Waals surface area contributed by atoms with E-state index in [4.69, 9.17) is 0 Å². The molecule has 6 heteroatoms. The summed E-state index contributed by atoms with van der Waals surface area (Å²) in [5.41, 5.74) is 0. The van der Waals surface area contributed by atoms with Crippen molar-refractivity contribution in [1.29, 1.82) is 0 Å². The Balaban J connectivity index is 2.34. The van der Waals surface area contributed by atoms with Crippen molar-refractivity contribution in [3.63, 3.8) is 0 Å². The van der Waals surface area contributed by atoms with Gasteiger partial charge in [-0.1, -0.05) is 25.2 Å². The van der Waals surface area contributed by atoms with Crippen molar-refractivity contribution in [2.45, 2.75) is 33.2 Å². The van der Waals surface area contributed by atoms with Crippen LogP contribution in [0.25, 0.3) is 4.96 Å². The summed E-state index contributed by atoms with van der Waals surface area (Å²) in [6.07, 6.45) is 0.861. The molecule has 0 radical (unpaired) electrons. The van der Waals surface area contributed by atoms with Crippen molar-refractivity contribution in [3.8, 4) is 0 Å². The molecule has 0 aromatic carbocycles. The van der Waals surface area contributed by atoms with Gasteiger partial charge < -0.3 is 5.32 Å². The molecule has 0 spiro atoms. The maximum Gasteiger partial charge on any atom is 0.234 e. The number of hydrogen-bond donors (Lipinski definition) is 1. The zero-order valence-electron chi connectivity index (χ0n) is 9.19. The van der Waals surface area contributed by atoms with E-state index >= 15 is 0 Å². The highest BCUT2D eigenvalue weighted by Crippen LogP contribution is 2.20.